The van der Waals surface area contributed by atoms with Crippen LogP contribution in [-0.4, -0.2) is 54.1 Å². The van der Waals surface area contributed by atoms with E-state index in [0.717, 1.165) is 39.0 Å². The van der Waals surface area contributed by atoms with E-state index in [-0.39, 0.29) is 30.0 Å². The Hall–Kier alpha value is -3.60. The van der Waals surface area contributed by atoms with Gasteiger partial charge >= 0.3 is 6.18 Å². The van der Waals surface area contributed by atoms with E-state index in [4.69, 9.17) is 4.99 Å². The second kappa shape index (κ2) is 10.6. The molecule has 8 nitrogen and oxygen atoms in total. The molecule has 0 radical (unpaired) electrons. The Bertz CT molecular complexity index is 1270. The molecule has 0 atom stereocenters. The molecule has 11 heteroatoms. The molecule has 38 heavy (non-hydrogen) atoms. The number of benzene rings is 1. The summed E-state index contributed by atoms with van der Waals surface area (Å²) < 4.78 is 40.9. The van der Waals surface area contributed by atoms with Gasteiger partial charge in [0, 0.05) is 37.2 Å². The van der Waals surface area contributed by atoms with Gasteiger partial charge in [0.15, 0.2) is 0 Å². The smallest absolute Gasteiger partial charge is 0.350 e. The number of aliphatic imine (C=N–C) groups is 1. The molecule has 1 aromatic carbocycles. The molecule has 1 aromatic heterocycles. The Morgan fingerprint density at radius 1 is 1.08 bits per heavy atom. The number of nitrogens with zero attached hydrogens (tertiary/aromatic N) is 3. The number of amides is 1. The van der Waals surface area contributed by atoms with Crippen molar-refractivity contribution >= 4 is 23.2 Å². The van der Waals surface area contributed by atoms with Crippen molar-refractivity contribution in [2.24, 2.45) is 4.99 Å². The number of guanidine groups is 1. The number of pyridine rings is 1. The quantitative estimate of drug-likeness (QED) is 0.450. The van der Waals surface area contributed by atoms with Gasteiger partial charge in [-0.3, -0.25) is 9.78 Å². The third-order valence-corrected chi connectivity index (χ3v) is 6.67. The zero-order valence-electron chi connectivity index (χ0n) is 22.3. The van der Waals surface area contributed by atoms with Crippen molar-refractivity contribution in [3.8, 4) is 0 Å². The van der Waals surface area contributed by atoms with Crippen molar-refractivity contribution in [3.63, 3.8) is 0 Å². The molecule has 4 rings (SSSR count). The van der Waals surface area contributed by atoms with E-state index < -0.39 is 11.6 Å². The van der Waals surface area contributed by atoms with Crippen molar-refractivity contribution < 1.29 is 18.0 Å². The summed E-state index contributed by atoms with van der Waals surface area (Å²) in [5.74, 6) is 0.462. The van der Waals surface area contributed by atoms with Gasteiger partial charge < -0.3 is 26.2 Å². The molecule has 0 saturated heterocycles. The van der Waals surface area contributed by atoms with Gasteiger partial charge in [0.25, 0.3) is 5.91 Å². The number of carbonyl (C=O) groups excluding carboxylic acids is 1. The Labute approximate surface area is 220 Å². The molecule has 3 heterocycles. The molecule has 0 fully saturated rings. The van der Waals surface area contributed by atoms with Crippen molar-refractivity contribution in [2.75, 3.05) is 30.8 Å². The average molecular weight is 530 g/mol. The summed E-state index contributed by atoms with van der Waals surface area (Å²) in [7, 11) is 1.82. The second-order valence-electron chi connectivity index (χ2n) is 10.5. The van der Waals surface area contributed by atoms with Crippen LogP contribution in [0.3, 0.4) is 0 Å². The summed E-state index contributed by atoms with van der Waals surface area (Å²) in [4.78, 5) is 23.5. The first-order chi connectivity index (χ1) is 17.8. The summed E-state index contributed by atoms with van der Waals surface area (Å²) in [6, 6.07) is 8.95. The molecular formula is C27H34F3N7O. The van der Waals surface area contributed by atoms with E-state index in [1.165, 1.54) is 23.4 Å². The fourth-order valence-electron chi connectivity index (χ4n) is 4.22. The van der Waals surface area contributed by atoms with E-state index >= 15 is 0 Å². The van der Waals surface area contributed by atoms with E-state index in [0.29, 0.717) is 17.2 Å². The predicted octanol–water partition coefficient (Wildman–Crippen LogP) is 4.13. The van der Waals surface area contributed by atoms with Crippen LogP contribution >= 0.6 is 0 Å². The molecule has 0 unspecified atom stereocenters. The number of hydrogen-bond donors (Lipinski definition) is 4. The lowest BCUT2D eigenvalue weighted by molar-refractivity contribution is -0.181. The number of hydrogen-bond acceptors (Lipinski definition) is 7. The maximum absolute atomic E-state index is 13.6. The van der Waals surface area contributed by atoms with Crippen LogP contribution in [-0.2, 0) is 23.2 Å². The lowest BCUT2D eigenvalue weighted by Crippen LogP contribution is -2.43. The van der Waals surface area contributed by atoms with Crippen molar-refractivity contribution in [2.45, 2.75) is 58.3 Å². The highest BCUT2D eigenvalue weighted by Gasteiger charge is 2.49. The van der Waals surface area contributed by atoms with Crippen LogP contribution in [0.25, 0.3) is 0 Å². The summed E-state index contributed by atoms with van der Waals surface area (Å²) >= 11 is 0. The molecule has 0 spiro atoms. The number of likely N-dealkylation sites (N-methyl/N-ethyl adjacent to an activating group) is 1. The Morgan fingerprint density at radius 3 is 2.53 bits per heavy atom. The van der Waals surface area contributed by atoms with Gasteiger partial charge in [-0.25, -0.2) is 0 Å². The monoisotopic (exact) mass is 529 g/mol. The van der Waals surface area contributed by atoms with Crippen LogP contribution in [0.5, 0.6) is 0 Å². The minimum absolute atomic E-state index is 0.102. The highest BCUT2D eigenvalue weighted by atomic mass is 19.4. The topological polar surface area (TPSA) is 93.7 Å². The van der Waals surface area contributed by atoms with E-state index in [1.807, 2.05) is 31.9 Å². The van der Waals surface area contributed by atoms with E-state index in [9.17, 15) is 18.0 Å². The number of rotatable bonds is 6. The number of halogens is 3. The van der Waals surface area contributed by atoms with E-state index in [2.05, 4.69) is 38.4 Å². The molecule has 1 amide bonds. The van der Waals surface area contributed by atoms with Gasteiger partial charge in [-0.1, -0.05) is 6.07 Å². The van der Waals surface area contributed by atoms with Gasteiger partial charge in [-0.15, -0.1) is 0 Å². The van der Waals surface area contributed by atoms with Crippen molar-refractivity contribution in [3.05, 3.63) is 64.7 Å². The van der Waals surface area contributed by atoms with Gasteiger partial charge in [0.1, 0.15) is 11.2 Å². The molecular weight excluding hydrogens is 495 g/mol. The number of nitrogens with one attached hydrogen (secondary N) is 4. The number of fused-ring (bicyclic) bond motifs is 1. The molecule has 2 aliphatic rings. The van der Waals surface area contributed by atoms with Crippen molar-refractivity contribution in [1.82, 2.24) is 20.5 Å². The SMILES string of the molecule is CC(C)NC(=O)C1=C(Nc2ccnc(C(C)(C)C(F)(F)F)c2)N=C(Nc2ccc3c(c2)CCNC3)N(C)C1. The molecule has 0 bridgehead atoms. The predicted molar refractivity (Wildman–Crippen MR) is 143 cm³/mol. The standard InChI is InChI=1S/C27H34F3N7O/c1-16(2)33-24(38)21-15-37(5)25(35-19-7-6-18-14-31-10-8-17(18)12-19)36-23(21)34-20-9-11-32-22(13-20)26(3,4)27(28,29)30/h6-7,9,11-13,16,31H,8,10,14-15H2,1-5H3,(H,32,34)(H,33,38)(H,35,36). The number of anilines is 2. The van der Waals surface area contributed by atoms with E-state index in [1.54, 1.807) is 6.07 Å². The molecule has 2 aliphatic heterocycles. The maximum atomic E-state index is 13.6. The Kier molecular flexibility index (Phi) is 7.68. The van der Waals surface area contributed by atoms with Crippen LogP contribution in [0.2, 0.25) is 0 Å². The first-order valence-electron chi connectivity index (χ1n) is 12.6. The number of alkyl halides is 3. The average Bonchev–Trinajstić information content (AvgIpc) is 2.85. The number of carbonyl (C=O) groups is 1. The zero-order chi connectivity index (χ0) is 27.7. The lowest BCUT2D eigenvalue weighted by atomic mass is 9.88. The Morgan fingerprint density at radius 2 is 1.82 bits per heavy atom. The summed E-state index contributed by atoms with van der Waals surface area (Å²) in [5.41, 5.74) is 1.82. The largest absolute Gasteiger partial charge is 0.399 e. The summed E-state index contributed by atoms with van der Waals surface area (Å²) in [6.07, 6.45) is -2.23. The molecule has 2 aromatic rings. The zero-order valence-corrected chi connectivity index (χ0v) is 22.3. The maximum Gasteiger partial charge on any atom is 0.399 e. The van der Waals surface area contributed by atoms with Crippen molar-refractivity contribution in [1.29, 1.82) is 0 Å². The molecule has 0 aliphatic carbocycles. The number of aromatic nitrogens is 1. The van der Waals surface area contributed by atoms with Gasteiger partial charge in [-0.2, -0.15) is 18.2 Å². The fraction of sp³-hybridized carbons (Fsp3) is 0.444. The van der Waals surface area contributed by atoms with Crippen LogP contribution in [0.1, 0.15) is 44.5 Å². The molecule has 0 saturated carbocycles. The minimum atomic E-state index is -4.48. The summed E-state index contributed by atoms with van der Waals surface area (Å²) in [6.45, 7) is 7.88. The van der Waals surface area contributed by atoms with Crippen LogP contribution in [0.4, 0.5) is 24.5 Å². The molecule has 204 valence electrons. The van der Waals surface area contributed by atoms with Gasteiger partial charge in [0.05, 0.1) is 17.8 Å². The first-order valence-corrected chi connectivity index (χ1v) is 12.6. The van der Waals surface area contributed by atoms with Crippen LogP contribution in [0, 0.1) is 0 Å². The minimum Gasteiger partial charge on any atom is -0.350 e. The normalized spacial score (nSPS) is 16.2. The Balaban J connectivity index is 1.68. The third-order valence-electron chi connectivity index (χ3n) is 6.67. The first kappa shape index (κ1) is 27.4. The lowest BCUT2D eigenvalue weighted by Gasteiger charge is -2.30. The highest BCUT2D eigenvalue weighted by Crippen LogP contribution is 2.40. The molecule has 4 N–H and O–H groups in total. The van der Waals surface area contributed by atoms with Crippen LogP contribution in [0.15, 0.2) is 52.9 Å². The third kappa shape index (κ3) is 5.93. The summed E-state index contributed by atoms with van der Waals surface area (Å²) in [5, 5.41) is 12.7. The highest BCUT2D eigenvalue weighted by molar-refractivity contribution is 6.01. The van der Waals surface area contributed by atoms with Gasteiger partial charge in [-0.05, 0) is 76.1 Å². The second-order valence-corrected chi connectivity index (χ2v) is 10.5. The van der Waals surface area contributed by atoms with Gasteiger partial charge in [0.2, 0.25) is 5.96 Å². The fourth-order valence-corrected chi connectivity index (χ4v) is 4.22. The van der Waals surface area contributed by atoms with Crippen LogP contribution < -0.4 is 21.3 Å².